The molecule has 134 valence electrons. The second-order valence-electron chi connectivity index (χ2n) is 5.35. The molecule has 1 heterocycles. The first-order chi connectivity index (χ1) is 12.5. The highest BCUT2D eigenvalue weighted by atomic mass is 35.5. The van der Waals surface area contributed by atoms with Crippen LogP contribution in [0.5, 0.6) is 5.75 Å². The fourth-order valence-electron chi connectivity index (χ4n) is 2.37. The van der Waals surface area contributed by atoms with Crippen LogP contribution < -0.4 is 10.1 Å². The van der Waals surface area contributed by atoms with Gasteiger partial charge in [-0.2, -0.15) is 8.78 Å². The molecule has 4 nitrogen and oxygen atoms in total. The summed E-state index contributed by atoms with van der Waals surface area (Å²) in [7, 11) is 0. The summed E-state index contributed by atoms with van der Waals surface area (Å²) in [6.07, 6.45) is 0. The van der Waals surface area contributed by atoms with Gasteiger partial charge in [0.25, 0.3) is 5.91 Å². The van der Waals surface area contributed by atoms with Crippen LogP contribution in [0, 0.1) is 0 Å². The quantitative estimate of drug-likeness (QED) is 0.647. The predicted octanol–water partition coefficient (Wildman–Crippen LogP) is 5.13. The van der Waals surface area contributed by atoms with Gasteiger partial charge < -0.3 is 14.5 Å². The van der Waals surface area contributed by atoms with Gasteiger partial charge in [-0.25, -0.2) is 0 Å². The summed E-state index contributed by atoms with van der Waals surface area (Å²) in [6, 6.07) is 16.5. The van der Waals surface area contributed by atoms with E-state index in [1.54, 1.807) is 42.5 Å². The van der Waals surface area contributed by atoms with Crippen molar-refractivity contribution in [3.05, 3.63) is 77.0 Å². The van der Waals surface area contributed by atoms with Gasteiger partial charge in [0.2, 0.25) is 0 Å². The highest BCUT2D eigenvalue weighted by molar-refractivity contribution is 6.33. The Labute approximate surface area is 153 Å². The molecule has 7 heteroatoms. The lowest BCUT2D eigenvalue weighted by Gasteiger charge is -2.07. The first-order valence-corrected chi connectivity index (χ1v) is 8.07. The van der Waals surface area contributed by atoms with E-state index in [0.717, 1.165) is 0 Å². The molecule has 26 heavy (non-hydrogen) atoms. The normalized spacial score (nSPS) is 10.8. The number of hydrogen-bond acceptors (Lipinski definition) is 3. The molecule has 3 rings (SSSR count). The van der Waals surface area contributed by atoms with E-state index < -0.39 is 12.5 Å². The zero-order valence-corrected chi connectivity index (χ0v) is 14.2. The molecule has 0 unspecified atom stereocenters. The fraction of sp³-hybridized carbons (Fsp3) is 0.105. The predicted molar refractivity (Wildman–Crippen MR) is 93.4 cm³/mol. The maximum atomic E-state index is 12.2. The molecule has 0 bridgehead atoms. The van der Waals surface area contributed by atoms with Crippen LogP contribution in [0.15, 0.2) is 65.1 Å². The zero-order chi connectivity index (χ0) is 18.5. The number of amides is 1. The van der Waals surface area contributed by atoms with Gasteiger partial charge in [0.1, 0.15) is 11.5 Å². The average Bonchev–Trinajstić information content (AvgIpc) is 3.10. The van der Waals surface area contributed by atoms with Crippen molar-refractivity contribution < 1.29 is 22.7 Å². The van der Waals surface area contributed by atoms with Gasteiger partial charge >= 0.3 is 6.61 Å². The molecule has 0 saturated heterocycles. The molecule has 0 aliphatic rings. The minimum atomic E-state index is -2.90. The Morgan fingerprint density at radius 3 is 2.69 bits per heavy atom. The zero-order valence-electron chi connectivity index (χ0n) is 13.4. The molecular formula is C19H14ClF2NO3. The van der Waals surface area contributed by atoms with Crippen molar-refractivity contribution in [3.63, 3.8) is 0 Å². The molecule has 0 atom stereocenters. The molecule has 0 radical (unpaired) electrons. The molecule has 2 aromatic carbocycles. The third-order valence-corrected chi connectivity index (χ3v) is 3.88. The van der Waals surface area contributed by atoms with Gasteiger partial charge in [-0.15, -0.1) is 0 Å². The molecule has 0 aliphatic carbocycles. The highest BCUT2D eigenvalue weighted by Gasteiger charge is 2.14. The van der Waals surface area contributed by atoms with E-state index in [-0.39, 0.29) is 18.1 Å². The van der Waals surface area contributed by atoms with E-state index in [0.29, 0.717) is 21.9 Å². The summed E-state index contributed by atoms with van der Waals surface area (Å²) in [5.41, 5.74) is 1.31. The molecule has 0 aliphatic heterocycles. The van der Waals surface area contributed by atoms with Crippen LogP contribution in [0.2, 0.25) is 5.02 Å². The van der Waals surface area contributed by atoms with Gasteiger partial charge in [-0.3, -0.25) is 4.79 Å². The molecule has 0 spiro atoms. The Hall–Kier alpha value is -2.86. The monoisotopic (exact) mass is 377 g/mol. The van der Waals surface area contributed by atoms with Crippen molar-refractivity contribution in [2.45, 2.75) is 13.2 Å². The Kier molecular flexibility index (Phi) is 5.53. The lowest BCUT2D eigenvalue weighted by molar-refractivity contribution is -0.0498. The average molecular weight is 378 g/mol. The third kappa shape index (κ3) is 4.40. The number of hydrogen-bond donors (Lipinski definition) is 1. The number of carbonyl (C=O) groups is 1. The van der Waals surface area contributed by atoms with Gasteiger partial charge in [-0.05, 0) is 42.0 Å². The van der Waals surface area contributed by atoms with Crippen molar-refractivity contribution in [2.75, 3.05) is 0 Å². The summed E-state index contributed by atoms with van der Waals surface area (Å²) in [5.74, 6) is 0.210. The molecule has 1 aromatic heterocycles. The molecular weight excluding hydrogens is 364 g/mol. The van der Waals surface area contributed by atoms with Crippen molar-refractivity contribution in [1.82, 2.24) is 5.32 Å². The van der Waals surface area contributed by atoms with Crippen molar-refractivity contribution >= 4 is 17.5 Å². The third-order valence-electron chi connectivity index (χ3n) is 3.55. The number of furan rings is 1. The van der Waals surface area contributed by atoms with Crippen LogP contribution in [-0.4, -0.2) is 12.5 Å². The fourth-order valence-corrected chi connectivity index (χ4v) is 2.60. The number of nitrogens with one attached hydrogen (secondary N) is 1. The summed E-state index contributed by atoms with van der Waals surface area (Å²) in [5, 5.41) is 3.18. The minimum Gasteiger partial charge on any atom is -0.451 e. The first kappa shape index (κ1) is 17.9. The van der Waals surface area contributed by atoms with E-state index in [9.17, 15) is 13.6 Å². The van der Waals surface area contributed by atoms with E-state index >= 15 is 0 Å². The van der Waals surface area contributed by atoms with Gasteiger partial charge in [0.05, 0.1) is 5.02 Å². The van der Waals surface area contributed by atoms with Crippen LogP contribution >= 0.6 is 11.6 Å². The number of alkyl halides is 2. The number of benzene rings is 2. The Morgan fingerprint density at radius 2 is 1.92 bits per heavy atom. The van der Waals surface area contributed by atoms with Crippen LogP contribution in [0.25, 0.3) is 11.3 Å². The summed E-state index contributed by atoms with van der Waals surface area (Å²) < 4.78 is 34.4. The van der Waals surface area contributed by atoms with E-state index in [2.05, 4.69) is 10.1 Å². The van der Waals surface area contributed by atoms with Crippen LogP contribution in [-0.2, 0) is 6.54 Å². The van der Waals surface area contributed by atoms with E-state index in [1.807, 2.05) is 6.07 Å². The van der Waals surface area contributed by atoms with E-state index in [4.69, 9.17) is 16.0 Å². The summed E-state index contributed by atoms with van der Waals surface area (Å²) in [4.78, 5) is 12.2. The van der Waals surface area contributed by atoms with Crippen molar-refractivity contribution in [1.29, 1.82) is 0 Å². The highest BCUT2D eigenvalue weighted by Crippen LogP contribution is 2.29. The van der Waals surface area contributed by atoms with Crippen molar-refractivity contribution in [3.8, 4) is 17.1 Å². The molecule has 3 aromatic rings. The molecule has 1 N–H and O–H groups in total. The largest absolute Gasteiger partial charge is 0.451 e. The van der Waals surface area contributed by atoms with E-state index in [1.165, 1.54) is 12.1 Å². The number of ether oxygens (including phenoxy) is 1. The van der Waals surface area contributed by atoms with Gasteiger partial charge in [0, 0.05) is 12.1 Å². The van der Waals surface area contributed by atoms with Gasteiger partial charge in [-0.1, -0.05) is 35.9 Å². The molecule has 0 saturated carbocycles. The smallest absolute Gasteiger partial charge is 0.387 e. The Morgan fingerprint density at radius 1 is 1.12 bits per heavy atom. The Bertz CT molecular complexity index is 911. The molecule has 0 fully saturated rings. The first-order valence-electron chi connectivity index (χ1n) is 7.69. The topological polar surface area (TPSA) is 51.5 Å². The van der Waals surface area contributed by atoms with Crippen LogP contribution in [0.1, 0.15) is 16.1 Å². The Balaban J connectivity index is 1.65. The number of halogens is 3. The number of rotatable bonds is 6. The van der Waals surface area contributed by atoms with Crippen LogP contribution in [0.3, 0.4) is 0 Å². The lowest BCUT2D eigenvalue weighted by Crippen LogP contribution is -2.22. The molecule has 1 amide bonds. The number of carbonyl (C=O) groups excluding carboxylic acids is 1. The summed E-state index contributed by atoms with van der Waals surface area (Å²) in [6.45, 7) is -2.76. The maximum absolute atomic E-state index is 12.2. The van der Waals surface area contributed by atoms with Crippen LogP contribution in [0.4, 0.5) is 8.78 Å². The minimum absolute atomic E-state index is 0.0331. The SMILES string of the molecule is O=C(NCc1cccc(OC(F)F)c1)c1ccc(-c2ccccc2Cl)o1. The maximum Gasteiger partial charge on any atom is 0.387 e. The summed E-state index contributed by atoms with van der Waals surface area (Å²) >= 11 is 6.11. The van der Waals surface area contributed by atoms with Gasteiger partial charge in [0.15, 0.2) is 5.76 Å². The second-order valence-corrected chi connectivity index (χ2v) is 5.76. The second kappa shape index (κ2) is 8.01. The standard InChI is InChI=1S/C19H14ClF2NO3/c20-15-7-2-1-6-14(15)16-8-9-17(26-16)18(24)23-11-12-4-3-5-13(10-12)25-19(21)22/h1-10,19H,11H2,(H,23,24). The lowest BCUT2D eigenvalue weighted by atomic mass is 10.2. The van der Waals surface area contributed by atoms with Crippen molar-refractivity contribution in [2.24, 2.45) is 0 Å².